The van der Waals surface area contributed by atoms with Crippen LogP contribution in [0.15, 0.2) is 54.7 Å². The number of benzene rings is 1. The summed E-state index contributed by atoms with van der Waals surface area (Å²) in [6, 6.07) is 11.8. The quantitative estimate of drug-likeness (QED) is 0.383. The van der Waals surface area contributed by atoms with E-state index < -0.39 is 0 Å². The minimum atomic E-state index is -0.358. The number of carbonyl (C=O) groups is 2. The molecule has 2 aliphatic rings. The van der Waals surface area contributed by atoms with Crippen molar-refractivity contribution < 1.29 is 14.3 Å². The molecule has 0 radical (unpaired) electrons. The number of nitrogens with zero attached hydrogens (tertiary/aromatic N) is 4. The highest BCUT2D eigenvalue weighted by atomic mass is 32.1. The van der Waals surface area contributed by atoms with Gasteiger partial charge < -0.3 is 14.5 Å². The van der Waals surface area contributed by atoms with Gasteiger partial charge in [-0.3, -0.25) is 4.79 Å². The number of anilines is 1. The molecule has 7 nitrogen and oxygen atoms in total. The van der Waals surface area contributed by atoms with Gasteiger partial charge in [0.25, 0.3) is 0 Å². The monoisotopic (exact) mass is 490 g/mol. The Labute approximate surface area is 209 Å². The summed E-state index contributed by atoms with van der Waals surface area (Å²) >= 11 is 1.71. The first-order valence-corrected chi connectivity index (χ1v) is 13.1. The molecule has 0 saturated carbocycles. The van der Waals surface area contributed by atoms with Gasteiger partial charge in [0.1, 0.15) is 5.82 Å². The van der Waals surface area contributed by atoms with Crippen molar-refractivity contribution in [2.75, 3.05) is 37.7 Å². The van der Waals surface area contributed by atoms with Gasteiger partial charge in [-0.25, -0.2) is 14.8 Å². The van der Waals surface area contributed by atoms with Crippen molar-refractivity contribution >= 4 is 39.2 Å². The van der Waals surface area contributed by atoms with E-state index in [9.17, 15) is 9.59 Å². The van der Waals surface area contributed by atoms with Gasteiger partial charge in [0, 0.05) is 38.3 Å². The summed E-state index contributed by atoms with van der Waals surface area (Å²) in [5.41, 5.74) is 1.47. The van der Waals surface area contributed by atoms with Gasteiger partial charge in [-0.05, 0) is 50.5 Å². The summed E-state index contributed by atoms with van der Waals surface area (Å²) in [5.74, 6) is 0.741. The van der Waals surface area contributed by atoms with Crippen molar-refractivity contribution in [3.8, 4) is 0 Å². The van der Waals surface area contributed by atoms with Gasteiger partial charge in [0.05, 0.1) is 33.3 Å². The third kappa shape index (κ3) is 5.07. The number of rotatable bonds is 5. The molecular formula is C27H30N4O3S. The third-order valence-corrected chi connectivity index (χ3v) is 7.94. The average Bonchev–Trinajstić information content (AvgIpc) is 3.18. The number of hydrogen-bond donors (Lipinski definition) is 0. The Bertz CT molecular complexity index is 1190. The lowest BCUT2D eigenvalue weighted by molar-refractivity contribution is -0.136. The lowest BCUT2D eigenvalue weighted by Crippen LogP contribution is -2.41. The van der Waals surface area contributed by atoms with Crippen molar-refractivity contribution in [2.24, 2.45) is 5.92 Å². The van der Waals surface area contributed by atoms with Crippen LogP contribution in [-0.4, -0.2) is 59.5 Å². The van der Waals surface area contributed by atoms with Crippen LogP contribution in [0.5, 0.6) is 0 Å². The standard InChI is InChI=1S/C27H30N4O3S/c1-2-34-27(33)19-12-13-24(28-18-19)30-14-7-15-31(17-16-30)26(32)21-9-4-3-8-20(21)25-29-22-10-5-6-11-23(22)35-25/h3-6,10-13,18,20-21H,2,7-9,14-17H2,1H3/t20-,21+/m1/s1. The smallest absolute Gasteiger partial charge is 0.339 e. The van der Waals surface area contributed by atoms with Crippen molar-refractivity contribution in [1.29, 1.82) is 0 Å². The van der Waals surface area contributed by atoms with Gasteiger partial charge in [-0.15, -0.1) is 11.3 Å². The molecule has 1 aliphatic carbocycles. The molecule has 2 aromatic heterocycles. The predicted octanol–water partition coefficient (Wildman–Crippen LogP) is 4.66. The fourth-order valence-corrected chi connectivity index (χ4v) is 6.06. The van der Waals surface area contributed by atoms with Gasteiger partial charge in [-0.2, -0.15) is 0 Å². The Morgan fingerprint density at radius 1 is 1.06 bits per heavy atom. The van der Waals surface area contributed by atoms with Gasteiger partial charge >= 0.3 is 5.97 Å². The summed E-state index contributed by atoms with van der Waals surface area (Å²) in [7, 11) is 0. The lowest BCUT2D eigenvalue weighted by Gasteiger charge is -2.31. The molecule has 0 unspecified atom stereocenters. The van der Waals surface area contributed by atoms with E-state index >= 15 is 0 Å². The highest BCUT2D eigenvalue weighted by Gasteiger charge is 2.35. The van der Waals surface area contributed by atoms with Crippen LogP contribution in [0, 0.1) is 5.92 Å². The first kappa shape index (κ1) is 23.5. The molecule has 3 aromatic rings. The van der Waals surface area contributed by atoms with Crippen LogP contribution in [0.1, 0.15) is 47.5 Å². The van der Waals surface area contributed by atoms with Crippen LogP contribution < -0.4 is 4.90 Å². The van der Waals surface area contributed by atoms with Crippen LogP contribution >= 0.6 is 11.3 Å². The zero-order valence-electron chi connectivity index (χ0n) is 19.9. The van der Waals surface area contributed by atoms with Crippen molar-refractivity contribution in [1.82, 2.24) is 14.9 Å². The second-order valence-electron chi connectivity index (χ2n) is 8.97. The number of allylic oxidation sites excluding steroid dienone is 2. The Morgan fingerprint density at radius 2 is 1.91 bits per heavy atom. The molecule has 1 amide bonds. The molecule has 0 bridgehead atoms. The number of thiazole rings is 1. The second-order valence-corrected chi connectivity index (χ2v) is 10.0. The largest absolute Gasteiger partial charge is 0.462 e. The summed E-state index contributed by atoms with van der Waals surface area (Å²) in [5, 5.41) is 1.07. The maximum Gasteiger partial charge on any atom is 0.339 e. The Kier molecular flexibility index (Phi) is 7.08. The Balaban J connectivity index is 1.26. The molecule has 1 aromatic carbocycles. The SMILES string of the molecule is CCOC(=O)c1ccc(N2CCCN(C(=O)[C@H]3CC=CC[C@H]3c3nc4ccccc4s3)CC2)nc1. The van der Waals surface area contributed by atoms with E-state index in [-0.39, 0.29) is 23.7 Å². The number of aromatic nitrogens is 2. The second kappa shape index (κ2) is 10.6. The van der Waals surface area contributed by atoms with E-state index in [0.717, 1.165) is 48.7 Å². The number of carbonyl (C=O) groups excluding carboxylic acids is 2. The Hall–Kier alpha value is -3.26. The van der Waals surface area contributed by atoms with Crippen LogP contribution in [0.3, 0.4) is 0 Å². The topological polar surface area (TPSA) is 75.6 Å². The summed E-state index contributed by atoms with van der Waals surface area (Å²) in [6.45, 7) is 5.06. The first-order valence-electron chi connectivity index (χ1n) is 12.3. The van der Waals surface area contributed by atoms with Crippen LogP contribution in [0.25, 0.3) is 10.2 Å². The van der Waals surface area contributed by atoms with Crippen molar-refractivity contribution in [2.45, 2.75) is 32.1 Å². The molecule has 1 fully saturated rings. The third-order valence-electron chi connectivity index (χ3n) is 6.77. The van der Waals surface area contributed by atoms with E-state index in [2.05, 4.69) is 28.1 Å². The van der Waals surface area contributed by atoms with Gasteiger partial charge in [-0.1, -0.05) is 24.3 Å². The molecule has 2 atom stereocenters. The number of para-hydroxylation sites is 1. The normalized spacial score (nSPS) is 20.6. The van der Waals surface area contributed by atoms with E-state index in [1.807, 2.05) is 29.2 Å². The van der Waals surface area contributed by atoms with Crippen LogP contribution in [0.2, 0.25) is 0 Å². The highest BCUT2D eigenvalue weighted by Crippen LogP contribution is 2.39. The number of amides is 1. The van der Waals surface area contributed by atoms with Crippen LogP contribution in [0.4, 0.5) is 5.82 Å². The maximum atomic E-state index is 13.7. The molecule has 3 heterocycles. The molecule has 182 valence electrons. The Morgan fingerprint density at radius 3 is 2.71 bits per heavy atom. The first-order chi connectivity index (χ1) is 17.1. The van der Waals surface area contributed by atoms with E-state index in [0.29, 0.717) is 25.3 Å². The summed E-state index contributed by atoms with van der Waals surface area (Å²) < 4.78 is 6.22. The minimum absolute atomic E-state index is 0.0749. The molecule has 0 spiro atoms. The van der Waals surface area contributed by atoms with E-state index in [4.69, 9.17) is 9.72 Å². The van der Waals surface area contributed by atoms with E-state index in [1.165, 1.54) is 4.70 Å². The fraction of sp³-hybridized carbons (Fsp3) is 0.407. The zero-order valence-corrected chi connectivity index (χ0v) is 20.7. The molecular weight excluding hydrogens is 460 g/mol. The van der Waals surface area contributed by atoms with Gasteiger partial charge in [0.15, 0.2) is 0 Å². The van der Waals surface area contributed by atoms with Crippen molar-refractivity contribution in [3.05, 3.63) is 65.3 Å². The fourth-order valence-electron chi connectivity index (χ4n) is 4.92. The molecule has 1 saturated heterocycles. The summed E-state index contributed by atoms with van der Waals surface area (Å²) in [4.78, 5) is 39.2. The molecule has 1 aliphatic heterocycles. The average molecular weight is 491 g/mol. The van der Waals surface area contributed by atoms with Crippen molar-refractivity contribution in [3.63, 3.8) is 0 Å². The number of fused-ring (bicyclic) bond motifs is 1. The number of esters is 1. The number of hydrogen-bond acceptors (Lipinski definition) is 7. The highest BCUT2D eigenvalue weighted by molar-refractivity contribution is 7.18. The molecule has 0 N–H and O–H groups in total. The molecule has 8 heteroatoms. The lowest BCUT2D eigenvalue weighted by atomic mass is 9.82. The number of ether oxygens (including phenoxy) is 1. The van der Waals surface area contributed by atoms with Gasteiger partial charge in [0.2, 0.25) is 5.91 Å². The molecule has 5 rings (SSSR count). The van der Waals surface area contributed by atoms with E-state index in [1.54, 1.807) is 30.5 Å². The zero-order chi connectivity index (χ0) is 24.2. The minimum Gasteiger partial charge on any atom is -0.462 e. The molecule has 35 heavy (non-hydrogen) atoms. The maximum absolute atomic E-state index is 13.7. The summed E-state index contributed by atoms with van der Waals surface area (Å²) in [6.07, 6.45) is 8.39. The van der Waals surface area contributed by atoms with Crippen LogP contribution in [-0.2, 0) is 9.53 Å². The number of pyridine rings is 1. The predicted molar refractivity (Wildman–Crippen MR) is 138 cm³/mol.